The van der Waals surface area contributed by atoms with Crippen LogP contribution in [0.3, 0.4) is 0 Å². The number of guanidine groups is 1. The van der Waals surface area contributed by atoms with Crippen molar-refractivity contribution in [2.75, 3.05) is 18.4 Å². The van der Waals surface area contributed by atoms with E-state index >= 15 is 0 Å². The van der Waals surface area contributed by atoms with Gasteiger partial charge in [-0.05, 0) is 69.3 Å². The molecule has 4 nitrogen and oxygen atoms in total. The van der Waals surface area contributed by atoms with Crippen LogP contribution >= 0.6 is 23.2 Å². The van der Waals surface area contributed by atoms with Crippen molar-refractivity contribution in [2.24, 2.45) is 9.98 Å². The molecule has 0 unspecified atom stereocenters. The topological polar surface area (TPSA) is 40.0 Å². The number of anilines is 1. The number of amidine groups is 1. The van der Waals surface area contributed by atoms with Crippen LogP contribution in [0.1, 0.15) is 20.8 Å². The Bertz CT molecular complexity index is 733. The molecular formula is C19H22Cl2N4. The summed E-state index contributed by atoms with van der Waals surface area (Å²) in [5.41, 5.74) is 1.64. The van der Waals surface area contributed by atoms with Crippen LogP contribution in [0.2, 0.25) is 10.0 Å². The Hall–Kier alpha value is -2.04. The molecule has 0 atom stereocenters. The molecule has 0 saturated carbocycles. The van der Waals surface area contributed by atoms with Crippen LogP contribution < -0.4 is 5.32 Å². The van der Waals surface area contributed by atoms with Crippen molar-refractivity contribution < 1.29 is 0 Å². The second-order valence-electron chi connectivity index (χ2n) is 5.38. The minimum Gasteiger partial charge on any atom is -0.361 e. The third-order valence-electron chi connectivity index (χ3n) is 3.65. The molecule has 132 valence electrons. The Morgan fingerprint density at radius 1 is 0.920 bits per heavy atom. The van der Waals surface area contributed by atoms with E-state index in [4.69, 9.17) is 23.2 Å². The van der Waals surface area contributed by atoms with Crippen molar-refractivity contribution in [1.29, 1.82) is 0 Å². The van der Waals surface area contributed by atoms with Crippen molar-refractivity contribution in [2.45, 2.75) is 20.8 Å². The molecule has 2 aromatic rings. The highest BCUT2D eigenvalue weighted by Gasteiger charge is 2.05. The van der Waals surface area contributed by atoms with Crippen LogP contribution in [-0.4, -0.2) is 29.8 Å². The summed E-state index contributed by atoms with van der Waals surface area (Å²) >= 11 is 11.9. The zero-order chi connectivity index (χ0) is 18.2. The summed E-state index contributed by atoms with van der Waals surface area (Å²) in [5, 5.41) is 4.61. The predicted molar refractivity (Wildman–Crippen MR) is 110 cm³/mol. The van der Waals surface area contributed by atoms with Gasteiger partial charge in [-0.2, -0.15) is 0 Å². The third kappa shape index (κ3) is 6.07. The molecule has 0 spiro atoms. The molecule has 2 rings (SSSR count). The Kier molecular flexibility index (Phi) is 7.29. The normalized spacial score (nSPS) is 12.2. The van der Waals surface area contributed by atoms with Gasteiger partial charge in [0.1, 0.15) is 5.84 Å². The van der Waals surface area contributed by atoms with Crippen LogP contribution in [0.4, 0.5) is 11.4 Å². The van der Waals surface area contributed by atoms with Crippen molar-refractivity contribution in [3.63, 3.8) is 0 Å². The largest absolute Gasteiger partial charge is 0.361 e. The van der Waals surface area contributed by atoms with E-state index in [0.29, 0.717) is 16.0 Å². The fourth-order valence-electron chi connectivity index (χ4n) is 2.29. The fourth-order valence-corrected chi connectivity index (χ4v) is 2.54. The number of aliphatic imine (C=N–C) groups is 2. The highest BCUT2D eigenvalue weighted by atomic mass is 35.5. The lowest BCUT2D eigenvalue weighted by Crippen LogP contribution is -2.29. The monoisotopic (exact) mass is 376 g/mol. The molecule has 0 bridgehead atoms. The summed E-state index contributed by atoms with van der Waals surface area (Å²) in [7, 11) is 0. The van der Waals surface area contributed by atoms with E-state index in [1.54, 1.807) is 12.1 Å². The number of nitrogens with one attached hydrogen (secondary N) is 1. The molecular weight excluding hydrogens is 355 g/mol. The van der Waals surface area contributed by atoms with Gasteiger partial charge in [-0.1, -0.05) is 23.2 Å². The standard InChI is InChI=1S/C19H22Cl2N4/c1-4-25(5-2)14(3)22-19(23-17-10-6-15(20)7-11-17)24-18-12-8-16(21)9-13-18/h6-13H,4-5H2,1-3H3,(H,23,24)/b22-14-. The van der Waals surface area contributed by atoms with Crippen molar-refractivity contribution in [3.05, 3.63) is 58.6 Å². The highest BCUT2D eigenvalue weighted by molar-refractivity contribution is 6.31. The van der Waals surface area contributed by atoms with Gasteiger partial charge in [0, 0.05) is 28.8 Å². The lowest BCUT2D eigenvalue weighted by molar-refractivity contribution is 0.463. The Labute approximate surface area is 159 Å². The van der Waals surface area contributed by atoms with Gasteiger partial charge in [0.05, 0.1) is 5.69 Å². The third-order valence-corrected chi connectivity index (χ3v) is 4.15. The molecule has 1 N–H and O–H groups in total. The fraction of sp³-hybridized carbons (Fsp3) is 0.263. The molecule has 0 heterocycles. The summed E-state index contributed by atoms with van der Waals surface area (Å²) in [4.78, 5) is 11.4. The van der Waals surface area contributed by atoms with Gasteiger partial charge in [-0.25, -0.2) is 9.98 Å². The van der Waals surface area contributed by atoms with Crippen LogP contribution in [0.5, 0.6) is 0 Å². The first-order chi connectivity index (χ1) is 12.0. The summed E-state index contributed by atoms with van der Waals surface area (Å²) < 4.78 is 0. The van der Waals surface area contributed by atoms with Gasteiger partial charge < -0.3 is 10.2 Å². The second kappa shape index (κ2) is 9.44. The number of halogens is 2. The number of rotatable bonds is 4. The number of nitrogens with zero attached hydrogens (tertiary/aromatic N) is 3. The minimum absolute atomic E-state index is 0.508. The first kappa shape index (κ1) is 19.3. The van der Waals surface area contributed by atoms with Gasteiger partial charge in [-0.3, -0.25) is 0 Å². The second-order valence-corrected chi connectivity index (χ2v) is 6.25. The van der Waals surface area contributed by atoms with Gasteiger partial charge in [-0.15, -0.1) is 0 Å². The van der Waals surface area contributed by atoms with Crippen molar-refractivity contribution in [3.8, 4) is 0 Å². The molecule has 0 radical (unpaired) electrons. The van der Waals surface area contributed by atoms with Crippen LogP contribution in [0.25, 0.3) is 0 Å². The van der Waals surface area contributed by atoms with Crippen molar-refractivity contribution in [1.82, 2.24) is 4.90 Å². The lowest BCUT2D eigenvalue weighted by Gasteiger charge is -2.20. The van der Waals surface area contributed by atoms with E-state index in [0.717, 1.165) is 30.3 Å². The van der Waals surface area contributed by atoms with Gasteiger partial charge in [0.25, 0.3) is 0 Å². The predicted octanol–water partition coefficient (Wildman–Crippen LogP) is 5.85. The highest BCUT2D eigenvalue weighted by Crippen LogP contribution is 2.18. The summed E-state index contributed by atoms with van der Waals surface area (Å²) in [6, 6.07) is 14.8. The molecule has 0 saturated heterocycles. The molecule has 0 aromatic heterocycles. The maximum Gasteiger partial charge on any atom is 0.229 e. The SMILES string of the molecule is CCN(CC)/C(C)=N\C(=Nc1ccc(Cl)cc1)Nc1ccc(Cl)cc1. The van der Waals surface area contributed by atoms with Crippen LogP contribution in [0.15, 0.2) is 58.5 Å². The zero-order valence-corrected chi connectivity index (χ0v) is 16.1. The first-order valence-electron chi connectivity index (χ1n) is 8.19. The molecule has 2 aromatic carbocycles. The van der Waals surface area contributed by atoms with E-state index in [-0.39, 0.29) is 0 Å². The van der Waals surface area contributed by atoms with E-state index in [2.05, 4.69) is 34.0 Å². The molecule has 0 aliphatic rings. The van der Waals surface area contributed by atoms with Crippen LogP contribution in [0, 0.1) is 0 Å². The zero-order valence-electron chi connectivity index (χ0n) is 14.6. The van der Waals surface area contributed by atoms with Gasteiger partial charge in [0.2, 0.25) is 5.96 Å². The lowest BCUT2D eigenvalue weighted by atomic mass is 10.3. The van der Waals surface area contributed by atoms with E-state index < -0.39 is 0 Å². The Morgan fingerprint density at radius 3 is 1.96 bits per heavy atom. The van der Waals surface area contributed by atoms with Crippen LogP contribution in [-0.2, 0) is 0 Å². The molecule has 0 fully saturated rings. The molecule has 0 aliphatic carbocycles. The summed E-state index contributed by atoms with van der Waals surface area (Å²) in [6.45, 7) is 7.96. The maximum absolute atomic E-state index is 5.95. The number of hydrogen-bond donors (Lipinski definition) is 1. The maximum atomic E-state index is 5.95. The summed E-state index contributed by atoms with van der Waals surface area (Å²) in [6.07, 6.45) is 0. The number of benzene rings is 2. The average Bonchev–Trinajstić information content (AvgIpc) is 2.60. The van der Waals surface area contributed by atoms with Crippen molar-refractivity contribution >= 4 is 46.4 Å². The van der Waals surface area contributed by atoms with Gasteiger partial charge in [0.15, 0.2) is 0 Å². The smallest absolute Gasteiger partial charge is 0.229 e. The molecule has 0 aliphatic heterocycles. The molecule has 25 heavy (non-hydrogen) atoms. The van der Waals surface area contributed by atoms with E-state index in [1.165, 1.54) is 0 Å². The van der Waals surface area contributed by atoms with E-state index in [1.807, 2.05) is 43.3 Å². The molecule has 6 heteroatoms. The Morgan fingerprint density at radius 2 is 1.44 bits per heavy atom. The number of hydrogen-bond acceptors (Lipinski definition) is 1. The molecule has 0 amide bonds. The average molecular weight is 377 g/mol. The minimum atomic E-state index is 0.508. The first-order valence-corrected chi connectivity index (χ1v) is 8.94. The Balaban J connectivity index is 2.34. The summed E-state index contributed by atoms with van der Waals surface area (Å²) in [5.74, 6) is 1.41. The van der Waals surface area contributed by atoms with Gasteiger partial charge >= 0.3 is 0 Å². The quantitative estimate of drug-likeness (QED) is 0.536. The van der Waals surface area contributed by atoms with E-state index in [9.17, 15) is 0 Å².